The van der Waals surface area contributed by atoms with Crippen molar-refractivity contribution in [3.63, 3.8) is 0 Å². The molecule has 2 aromatic carbocycles. The molecule has 0 spiro atoms. The Morgan fingerprint density at radius 1 is 1.11 bits per heavy atom. The van der Waals surface area contributed by atoms with Crippen molar-refractivity contribution in [3.05, 3.63) is 59.7 Å². The van der Waals surface area contributed by atoms with Crippen LogP contribution in [0, 0.1) is 6.92 Å². The zero-order valence-corrected chi connectivity index (χ0v) is 10.6. The molecule has 0 aromatic heterocycles. The van der Waals surface area contributed by atoms with Crippen molar-refractivity contribution in [2.24, 2.45) is 0 Å². The molecule has 2 aromatic rings. The van der Waals surface area contributed by atoms with Crippen molar-refractivity contribution >= 4 is 11.4 Å². The maximum absolute atomic E-state index is 5.86. The topological polar surface area (TPSA) is 38.0 Å². The van der Waals surface area contributed by atoms with Crippen molar-refractivity contribution in [2.45, 2.75) is 25.3 Å². The molecule has 18 heavy (non-hydrogen) atoms. The standard InChI is InChI=1S/C16H18N2/c1-11-7-13(17)9-14(8-11)18-16-10-15(16)12-5-3-2-4-6-12/h2-9,15-16,18H,10,17H2,1H3. The van der Waals surface area contributed by atoms with Gasteiger partial charge in [-0.05, 0) is 42.7 Å². The fraction of sp³-hybridized carbons (Fsp3) is 0.250. The van der Waals surface area contributed by atoms with Gasteiger partial charge in [-0.15, -0.1) is 0 Å². The van der Waals surface area contributed by atoms with Gasteiger partial charge in [0.1, 0.15) is 0 Å². The van der Waals surface area contributed by atoms with Gasteiger partial charge in [-0.25, -0.2) is 0 Å². The molecule has 3 N–H and O–H groups in total. The van der Waals surface area contributed by atoms with Crippen molar-refractivity contribution in [2.75, 3.05) is 11.1 Å². The zero-order chi connectivity index (χ0) is 12.5. The van der Waals surface area contributed by atoms with Gasteiger partial charge in [0.05, 0.1) is 0 Å². The first-order valence-corrected chi connectivity index (χ1v) is 6.41. The molecule has 1 saturated carbocycles. The Labute approximate surface area is 108 Å². The lowest BCUT2D eigenvalue weighted by molar-refractivity contribution is 1.05. The summed E-state index contributed by atoms with van der Waals surface area (Å²) in [5.74, 6) is 0.646. The number of anilines is 2. The van der Waals surface area contributed by atoms with Crippen LogP contribution >= 0.6 is 0 Å². The predicted octanol–water partition coefficient (Wildman–Crippen LogP) is 3.55. The predicted molar refractivity (Wildman–Crippen MR) is 76.8 cm³/mol. The van der Waals surface area contributed by atoms with E-state index in [0.717, 1.165) is 11.4 Å². The van der Waals surface area contributed by atoms with Crippen LogP contribution in [0.3, 0.4) is 0 Å². The first kappa shape index (κ1) is 11.1. The van der Waals surface area contributed by atoms with Gasteiger partial charge >= 0.3 is 0 Å². The van der Waals surface area contributed by atoms with E-state index < -0.39 is 0 Å². The molecule has 1 fully saturated rings. The summed E-state index contributed by atoms with van der Waals surface area (Å²) < 4.78 is 0. The number of hydrogen-bond acceptors (Lipinski definition) is 2. The van der Waals surface area contributed by atoms with Gasteiger partial charge in [0, 0.05) is 23.3 Å². The Morgan fingerprint density at radius 3 is 2.61 bits per heavy atom. The maximum atomic E-state index is 5.86. The Kier molecular flexibility index (Phi) is 2.71. The molecule has 0 saturated heterocycles. The van der Waals surface area contributed by atoms with Crippen LogP contribution in [-0.4, -0.2) is 6.04 Å². The van der Waals surface area contributed by atoms with Gasteiger partial charge in [0.25, 0.3) is 0 Å². The van der Waals surface area contributed by atoms with E-state index in [9.17, 15) is 0 Å². The second-order valence-corrected chi connectivity index (χ2v) is 5.14. The highest BCUT2D eigenvalue weighted by Gasteiger charge is 2.38. The molecular formula is C16H18N2. The highest BCUT2D eigenvalue weighted by Crippen LogP contribution is 2.42. The summed E-state index contributed by atoms with van der Waals surface area (Å²) >= 11 is 0. The lowest BCUT2D eigenvalue weighted by Gasteiger charge is -2.08. The third-order valence-corrected chi connectivity index (χ3v) is 3.47. The fourth-order valence-electron chi connectivity index (χ4n) is 2.53. The molecular weight excluding hydrogens is 220 g/mol. The Hall–Kier alpha value is -1.96. The minimum Gasteiger partial charge on any atom is -0.399 e. The molecule has 0 radical (unpaired) electrons. The van der Waals surface area contributed by atoms with Crippen LogP contribution in [0.15, 0.2) is 48.5 Å². The van der Waals surface area contributed by atoms with E-state index in [2.05, 4.69) is 48.6 Å². The van der Waals surface area contributed by atoms with Crippen molar-refractivity contribution in [1.82, 2.24) is 0 Å². The van der Waals surface area contributed by atoms with Gasteiger partial charge in [-0.2, -0.15) is 0 Å². The number of nitrogens with two attached hydrogens (primary N) is 1. The second-order valence-electron chi connectivity index (χ2n) is 5.14. The minimum absolute atomic E-state index is 0.550. The number of hydrogen-bond donors (Lipinski definition) is 2. The molecule has 0 aliphatic heterocycles. The van der Waals surface area contributed by atoms with Crippen LogP contribution in [0.5, 0.6) is 0 Å². The summed E-state index contributed by atoms with van der Waals surface area (Å²) in [5.41, 5.74) is 10.5. The zero-order valence-electron chi connectivity index (χ0n) is 10.6. The van der Waals surface area contributed by atoms with Crippen LogP contribution in [0.4, 0.5) is 11.4 Å². The Balaban J connectivity index is 1.69. The third kappa shape index (κ3) is 2.33. The van der Waals surface area contributed by atoms with Gasteiger partial charge in [-0.1, -0.05) is 30.3 Å². The van der Waals surface area contributed by atoms with E-state index in [-0.39, 0.29) is 0 Å². The Morgan fingerprint density at radius 2 is 1.89 bits per heavy atom. The van der Waals surface area contributed by atoms with E-state index in [4.69, 9.17) is 5.73 Å². The van der Waals surface area contributed by atoms with Crippen LogP contribution in [-0.2, 0) is 0 Å². The fourth-order valence-corrected chi connectivity index (χ4v) is 2.53. The van der Waals surface area contributed by atoms with E-state index >= 15 is 0 Å². The first-order valence-electron chi connectivity index (χ1n) is 6.41. The third-order valence-electron chi connectivity index (χ3n) is 3.47. The Bertz CT molecular complexity index is 528. The number of nitrogens with one attached hydrogen (secondary N) is 1. The molecule has 3 rings (SSSR count). The number of nitrogen functional groups attached to an aromatic ring is 1. The monoisotopic (exact) mass is 238 g/mol. The maximum Gasteiger partial charge on any atom is 0.0365 e. The molecule has 92 valence electrons. The molecule has 0 heterocycles. The lowest BCUT2D eigenvalue weighted by atomic mass is 10.1. The van der Waals surface area contributed by atoms with Gasteiger partial charge in [-0.3, -0.25) is 0 Å². The summed E-state index contributed by atoms with van der Waals surface area (Å²) in [5, 5.41) is 3.57. The van der Waals surface area contributed by atoms with E-state index in [1.165, 1.54) is 17.5 Å². The normalized spacial score (nSPS) is 21.6. The molecule has 2 unspecified atom stereocenters. The van der Waals surface area contributed by atoms with Crippen molar-refractivity contribution in [1.29, 1.82) is 0 Å². The molecule has 0 bridgehead atoms. The summed E-state index contributed by atoms with van der Waals surface area (Å²) in [6.45, 7) is 2.07. The first-order chi connectivity index (χ1) is 8.72. The quantitative estimate of drug-likeness (QED) is 0.803. The van der Waals surface area contributed by atoms with Crippen molar-refractivity contribution < 1.29 is 0 Å². The minimum atomic E-state index is 0.550. The van der Waals surface area contributed by atoms with E-state index in [0.29, 0.717) is 12.0 Å². The summed E-state index contributed by atoms with van der Waals surface area (Å²) in [6.07, 6.45) is 1.21. The summed E-state index contributed by atoms with van der Waals surface area (Å²) in [7, 11) is 0. The van der Waals surface area contributed by atoms with Gasteiger partial charge in [0.15, 0.2) is 0 Å². The van der Waals surface area contributed by atoms with E-state index in [1.54, 1.807) is 0 Å². The van der Waals surface area contributed by atoms with Crippen LogP contribution < -0.4 is 11.1 Å². The second kappa shape index (κ2) is 4.37. The molecule has 0 amide bonds. The molecule has 1 aliphatic carbocycles. The highest BCUT2D eigenvalue weighted by molar-refractivity contribution is 5.58. The van der Waals surface area contributed by atoms with Gasteiger partial charge < -0.3 is 11.1 Å². The highest BCUT2D eigenvalue weighted by atomic mass is 15.0. The average Bonchev–Trinajstić information content (AvgIpc) is 3.08. The molecule has 1 aliphatic rings. The lowest BCUT2D eigenvalue weighted by Crippen LogP contribution is -2.04. The number of rotatable bonds is 3. The van der Waals surface area contributed by atoms with Crippen LogP contribution in [0.2, 0.25) is 0 Å². The van der Waals surface area contributed by atoms with E-state index in [1.807, 2.05) is 12.1 Å². The SMILES string of the molecule is Cc1cc(N)cc(NC2CC2c2ccccc2)c1. The van der Waals surface area contributed by atoms with Gasteiger partial charge in [0.2, 0.25) is 0 Å². The summed E-state index contributed by atoms with van der Waals surface area (Å²) in [4.78, 5) is 0. The van der Waals surface area contributed by atoms with Crippen molar-refractivity contribution in [3.8, 4) is 0 Å². The molecule has 2 heteroatoms. The molecule has 2 nitrogen and oxygen atoms in total. The average molecular weight is 238 g/mol. The number of benzene rings is 2. The molecule has 2 atom stereocenters. The van der Waals surface area contributed by atoms with Crippen LogP contribution in [0.25, 0.3) is 0 Å². The smallest absolute Gasteiger partial charge is 0.0365 e. The largest absolute Gasteiger partial charge is 0.399 e. The number of aryl methyl sites for hydroxylation is 1. The van der Waals surface area contributed by atoms with Crippen LogP contribution in [0.1, 0.15) is 23.5 Å². The summed E-state index contributed by atoms with van der Waals surface area (Å²) in [6, 6.07) is 17.4.